The molecule has 28 heavy (non-hydrogen) atoms. The summed E-state index contributed by atoms with van der Waals surface area (Å²) in [5.41, 5.74) is 4.30. The Bertz CT molecular complexity index is 1180. The number of nitrogens with one attached hydrogen (secondary N) is 1. The molecule has 0 radical (unpaired) electrons. The van der Waals surface area contributed by atoms with Crippen LogP contribution in [0.2, 0.25) is 0 Å². The Morgan fingerprint density at radius 3 is 2.54 bits per heavy atom. The Kier molecular flexibility index (Phi) is 5.04. The Labute approximate surface area is 166 Å². The molecule has 0 aliphatic heterocycles. The minimum absolute atomic E-state index is 0.0819. The Balaban J connectivity index is 1.40. The average molecular weight is 389 g/mol. The van der Waals surface area contributed by atoms with Gasteiger partial charge in [-0.05, 0) is 30.2 Å². The summed E-state index contributed by atoms with van der Waals surface area (Å²) in [6.45, 7) is 2.26. The maximum atomic E-state index is 12.4. The van der Waals surface area contributed by atoms with E-state index in [1.807, 2.05) is 66.9 Å². The first-order chi connectivity index (χ1) is 13.6. The standard InChI is InChI=1S/C22H19N3O2S/c1-15-13-20(26)25-19(14-28-22(25)24-15)11-12-23-21(27)18-9-7-17(8-10-18)16-5-3-2-4-6-16/h2-10,13-14H,11-12H2,1H3,(H,23,27). The van der Waals surface area contributed by atoms with Gasteiger partial charge in [-0.1, -0.05) is 42.5 Å². The maximum Gasteiger partial charge on any atom is 0.258 e. The lowest BCUT2D eigenvalue weighted by molar-refractivity contribution is 0.0954. The van der Waals surface area contributed by atoms with E-state index in [4.69, 9.17) is 0 Å². The first-order valence-electron chi connectivity index (χ1n) is 9.02. The summed E-state index contributed by atoms with van der Waals surface area (Å²) in [6, 6.07) is 19.1. The predicted octanol–water partition coefficient (Wildman–Crippen LogP) is 3.70. The highest BCUT2D eigenvalue weighted by Gasteiger charge is 2.09. The van der Waals surface area contributed by atoms with Crippen molar-refractivity contribution >= 4 is 22.2 Å². The van der Waals surface area contributed by atoms with Gasteiger partial charge in [-0.3, -0.25) is 14.0 Å². The number of aryl methyl sites for hydroxylation is 1. The molecule has 0 bridgehead atoms. The molecule has 1 amide bonds. The van der Waals surface area contributed by atoms with Crippen LogP contribution in [0.1, 0.15) is 21.7 Å². The minimum Gasteiger partial charge on any atom is -0.352 e. The predicted molar refractivity (Wildman–Crippen MR) is 112 cm³/mol. The van der Waals surface area contributed by atoms with Crippen molar-refractivity contribution < 1.29 is 4.79 Å². The van der Waals surface area contributed by atoms with Gasteiger partial charge in [0.05, 0.1) is 0 Å². The number of hydrogen-bond acceptors (Lipinski definition) is 4. The fraction of sp³-hybridized carbons (Fsp3) is 0.136. The number of hydrogen-bond donors (Lipinski definition) is 1. The third-order valence-corrected chi connectivity index (χ3v) is 5.40. The average Bonchev–Trinajstić information content (AvgIpc) is 3.12. The monoisotopic (exact) mass is 389 g/mol. The molecule has 2 aromatic carbocycles. The number of amides is 1. The number of carbonyl (C=O) groups is 1. The van der Waals surface area contributed by atoms with E-state index in [1.165, 1.54) is 17.4 Å². The van der Waals surface area contributed by atoms with Crippen LogP contribution in [0, 0.1) is 6.92 Å². The van der Waals surface area contributed by atoms with E-state index >= 15 is 0 Å². The Morgan fingerprint density at radius 1 is 1.07 bits per heavy atom. The van der Waals surface area contributed by atoms with Crippen molar-refractivity contribution in [3.05, 3.63) is 93.3 Å². The minimum atomic E-state index is -0.125. The number of thiazole rings is 1. The van der Waals surface area contributed by atoms with Gasteiger partial charge in [0.25, 0.3) is 11.5 Å². The van der Waals surface area contributed by atoms with E-state index < -0.39 is 0 Å². The quantitative estimate of drug-likeness (QED) is 0.566. The van der Waals surface area contributed by atoms with Gasteiger partial charge < -0.3 is 5.32 Å². The van der Waals surface area contributed by atoms with Crippen molar-refractivity contribution in [3.63, 3.8) is 0 Å². The lowest BCUT2D eigenvalue weighted by Crippen LogP contribution is -2.26. The van der Waals surface area contributed by atoms with Gasteiger partial charge in [-0.25, -0.2) is 4.98 Å². The Morgan fingerprint density at radius 2 is 1.79 bits per heavy atom. The Hall–Kier alpha value is -3.25. The van der Waals surface area contributed by atoms with Gasteiger partial charge in [0, 0.05) is 41.4 Å². The fourth-order valence-corrected chi connectivity index (χ4v) is 4.08. The number of aromatic nitrogens is 2. The third-order valence-electron chi connectivity index (χ3n) is 4.52. The highest BCUT2D eigenvalue weighted by molar-refractivity contribution is 7.15. The van der Waals surface area contributed by atoms with Crippen LogP contribution in [0.3, 0.4) is 0 Å². The first kappa shape index (κ1) is 18.1. The van der Waals surface area contributed by atoms with Crippen molar-refractivity contribution in [1.82, 2.24) is 14.7 Å². The zero-order valence-corrected chi connectivity index (χ0v) is 16.2. The molecule has 6 heteroatoms. The topological polar surface area (TPSA) is 63.5 Å². The van der Waals surface area contributed by atoms with E-state index in [-0.39, 0.29) is 11.5 Å². The summed E-state index contributed by atoms with van der Waals surface area (Å²) in [7, 11) is 0. The first-order valence-corrected chi connectivity index (χ1v) is 9.90. The van der Waals surface area contributed by atoms with Gasteiger partial charge in [-0.15, -0.1) is 11.3 Å². The second kappa shape index (κ2) is 7.78. The molecule has 4 rings (SSSR count). The summed E-state index contributed by atoms with van der Waals surface area (Å²) in [5.74, 6) is -0.125. The van der Waals surface area contributed by atoms with Crippen LogP contribution in [-0.2, 0) is 6.42 Å². The molecule has 0 unspecified atom stereocenters. The van der Waals surface area contributed by atoms with E-state index in [2.05, 4.69) is 10.3 Å². The zero-order valence-electron chi connectivity index (χ0n) is 15.4. The van der Waals surface area contributed by atoms with E-state index in [0.717, 1.165) is 16.8 Å². The van der Waals surface area contributed by atoms with Crippen LogP contribution < -0.4 is 10.9 Å². The van der Waals surface area contributed by atoms with Crippen LogP contribution in [0.5, 0.6) is 0 Å². The summed E-state index contributed by atoms with van der Waals surface area (Å²) in [5, 5.41) is 4.84. The van der Waals surface area contributed by atoms with Crippen molar-refractivity contribution in [2.75, 3.05) is 6.54 Å². The molecule has 0 spiro atoms. The summed E-state index contributed by atoms with van der Waals surface area (Å²) < 4.78 is 1.61. The molecule has 5 nitrogen and oxygen atoms in total. The molecule has 0 aliphatic carbocycles. The highest BCUT2D eigenvalue weighted by atomic mass is 32.1. The molecule has 0 fully saturated rings. The van der Waals surface area contributed by atoms with Crippen molar-refractivity contribution in [1.29, 1.82) is 0 Å². The summed E-state index contributed by atoms with van der Waals surface area (Å²) >= 11 is 1.44. The van der Waals surface area contributed by atoms with Gasteiger partial charge in [0.2, 0.25) is 0 Å². The number of nitrogens with zero attached hydrogens (tertiary/aromatic N) is 2. The molecule has 1 N–H and O–H groups in total. The zero-order chi connectivity index (χ0) is 19.5. The second-order valence-corrected chi connectivity index (χ2v) is 7.37. The number of benzene rings is 2. The maximum absolute atomic E-state index is 12.4. The third kappa shape index (κ3) is 3.73. The van der Waals surface area contributed by atoms with E-state index in [9.17, 15) is 9.59 Å². The molecule has 0 aliphatic rings. The van der Waals surface area contributed by atoms with Gasteiger partial charge in [-0.2, -0.15) is 0 Å². The lowest BCUT2D eigenvalue weighted by Gasteiger charge is -2.07. The second-order valence-electron chi connectivity index (χ2n) is 6.53. The smallest absolute Gasteiger partial charge is 0.258 e. The molecular formula is C22H19N3O2S. The van der Waals surface area contributed by atoms with Crippen molar-refractivity contribution in [2.24, 2.45) is 0 Å². The summed E-state index contributed by atoms with van der Waals surface area (Å²) in [4.78, 5) is 29.7. The van der Waals surface area contributed by atoms with Crippen LogP contribution in [-0.4, -0.2) is 21.8 Å². The molecule has 2 heterocycles. The largest absolute Gasteiger partial charge is 0.352 e. The lowest BCUT2D eigenvalue weighted by atomic mass is 10.0. The molecule has 0 saturated heterocycles. The summed E-state index contributed by atoms with van der Waals surface area (Å²) in [6.07, 6.45) is 0.568. The molecule has 4 aromatic rings. The molecular weight excluding hydrogens is 370 g/mol. The van der Waals surface area contributed by atoms with Crippen LogP contribution in [0.25, 0.3) is 16.1 Å². The molecule has 2 aromatic heterocycles. The van der Waals surface area contributed by atoms with Crippen LogP contribution in [0.15, 0.2) is 70.8 Å². The van der Waals surface area contributed by atoms with Crippen LogP contribution >= 0.6 is 11.3 Å². The number of carbonyl (C=O) groups excluding carboxylic acids is 1. The molecule has 0 saturated carbocycles. The number of rotatable bonds is 5. The highest BCUT2D eigenvalue weighted by Crippen LogP contribution is 2.19. The van der Waals surface area contributed by atoms with Crippen molar-refractivity contribution in [3.8, 4) is 11.1 Å². The van der Waals surface area contributed by atoms with Gasteiger partial charge in [0.1, 0.15) is 0 Å². The van der Waals surface area contributed by atoms with Crippen molar-refractivity contribution in [2.45, 2.75) is 13.3 Å². The van der Waals surface area contributed by atoms with E-state index in [0.29, 0.717) is 29.2 Å². The SMILES string of the molecule is Cc1cc(=O)n2c(CCNC(=O)c3ccc(-c4ccccc4)cc3)csc2n1. The molecule has 140 valence electrons. The molecule has 0 atom stereocenters. The normalized spacial score (nSPS) is 10.9. The van der Waals surface area contributed by atoms with Gasteiger partial charge in [0.15, 0.2) is 4.96 Å². The van der Waals surface area contributed by atoms with Gasteiger partial charge >= 0.3 is 0 Å². The fourth-order valence-electron chi connectivity index (χ4n) is 3.11. The van der Waals surface area contributed by atoms with Crippen LogP contribution in [0.4, 0.5) is 0 Å². The van der Waals surface area contributed by atoms with E-state index in [1.54, 1.807) is 4.40 Å². The number of fused-ring (bicyclic) bond motifs is 1.